The Morgan fingerprint density at radius 2 is 1.85 bits per heavy atom. The normalized spacial score (nSPS) is 11.8. The van der Waals surface area contributed by atoms with E-state index < -0.39 is 11.7 Å². The molecule has 0 bridgehead atoms. The summed E-state index contributed by atoms with van der Waals surface area (Å²) in [5, 5.41) is -0.502. The molecule has 0 N–H and O–H groups in total. The predicted molar refractivity (Wildman–Crippen MR) is 52.0 cm³/mol. The molecule has 1 heterocycles. The minimum Gasteiger partial charge on any atom is -0.223 e. The topological polar surface area (TPSA) is 12.9 Å². The molecule has 0 saturated carbocycles. The van der Waals surface area contributed by atoms with Gasteiger partial charge in [0.2, 0.25) is 0 Å². The standard InChI is InChI=1S/C6HCl2F3IN/c7-3-1-2(6(9,10)11)4(12)5(8)13-3/h1H. The number of nitrogens with zero attached hydrogens (tertiary/aromatic N) is 1. The van der Waals surface area contributed by atoms with Gasteiger partial charge < -0.3 is 0 Å². The van der Waals surface area contributed by atoms with Gasteiger partial charge in [0.15, 0.2) is 0 Å². The second kappa shape index (κ2) is 3.78. The number of hydrogen-bond donors (Lipinski definition) is 0. The molecular weight excluding hydrogens is 341 g/mol. The highest BCUT2D eigenvalue weighted by Crippen LogP contribution is 2.36. The summed E-state index contributed by atoms with van der Waals surface area (Å²) >= 11 is 12.2. The summed E-state index contributed by atoms with van der Waals surface area (Å²) in [5.74, 6) is 0. The summed E-state index contributed by atoms with van der Waals surface area (Å²) in [5.41, 5.74) is -0.863. The number of hydrogen-bond acceptors (Lipinski definition) is 1. The number of halogens is 6. The lowest BCUT2D eigenvalue weighted by Gasteiger charge is -2.09. The average Bonchev–Trinajstić information content (AvgIpc) is 1.94. The van der Waals surface area contributed by atoms with Crippen molar-refractivity contribution in [3.63, 3.8) is 0 Å². The Morgan fingerprint density at radius 3 is 2.31 bits per heavy atom. The van der Waals surface area contributed by atoms with Crippen LogP contribution in [0.5, 0.6) is 0 Å². The lowest BCUT2D eigenvalue weighted by Crippen LogP contribution is -2.08. The average molecular weight is 342 g/mol. The van der Waals surface area contributed by atoms with Crippen LogP contribution >= 0.6 is 45.8 Å². The Kier molecular flexibility index (Phi) is 3.29. The summed E-state index contributed by atoms with van der Waals surface area (Å²) in [4.78, 5) is 3.47. The third kappa shape index (κ3) is 2.60. The highest BCUT2D eigenvalue weighted by atomic mass is 127. The van der Waals surface area contributed by atoms with Gasteiger partial charge in [-0.15, -0.1) is 0 Å². The van der Waals surface area contributed by atoms with E-state index in [0.29, 0.717) is 0 Å². The molecule has 0 saturated heterocycles. The number of alkyl halides is 3. The second-order valence-electron chi connectivity index (χ2n) is 2.10. The van der Waals surface area contributed by atoms with Crippen molar-refractivity contribution < 1.29 is 13.2 Å². The fourth-order valence-corrected chi connectivity index (χ4v) is 1.69. The van der Waals surface area contributed by atoms with Crippen molar-refractivity contribution in [1.82, 2.24) is 4.98 Å². The van der Waals surface area contributed by atoms with Crippen LogP contribution in [0.2, 0.25) is 10.3 Å². The van der Waals surface area contributed by atoms with E-state index >= 15 is 0 Å². The van der Waals surface area contributed by atoms with Gasteiger partial charge in [0.05, 0.1) is 9.13 Å². The minimum absolute atomic E-state index is 0.142. The van der Waals surface area contributed by atoms with Crippen LogP contribution in [0, 0.1) is 3.57 Å². The third-order valence-corrected chi connectivity index (χ3v) is 3.07. The molecule has 0 atom stereocenters. The molecule has 0 aliphatic heterocycles. The van der Waals surface area contributed by atoms with Crippen molar-refractivity contribution in [2.24, 2.45) is 0 Å². The molecule has 0 aliphatic carbocycles. The van der Waals surface area contributed by atoms with Gasteiger partial charge in [-0.05, 0) is 28.7 Å². The summed E-state index contributed by atoms with van der Waals surface area (Å²) in [6, 6.07) is 0.745. The van der Waals surface area contributed by atoms with Gasteiger partial charge >= 0.3 is 6.18 Å². The first kappa shape index (κ1) is 11.3. The van der Waals surface area contributed by atoms with Gasteiger partial charge in [-0.1, -0.05) is 23.2 Å². The molecule has 0 fully saturated rings. The first-order valence-corrected chi connectivity index (χ1v) is 4.74. The number of aromatic nitrogens is 1. The zero-order valence-electron chi connectivity index (χ0n) is 5.79. The predicted octanol–water partition coefficient (Wildman–Crippen LogP) is 4.01. The van der Waals surface area contributed by atoms with Crippen LogP contribution in [0.15, 0.2) is 6.07 Å². The van der Waals surface area contributed by atoms with Crippen LogP contribution in [-0.4, -0.2) is 4.98 Å². The van der Waals surface area contributed by atoms with Crippen molar-refractivity contribution >= 4 is 45.8 Å². The van der Waals surface area contributed by atoms with E-state index in [2.05, 4.69) is 4.98 Å². The Hall–Kier alpha value is 0.250. The maximum absolute atomic E-state index is 12.3. The molecule has 7 heteroatoms. The van der Waals surface area contributed by atoms with Crippen LogP contribution in [0.4, 0.5) is 13.2 Å². The Balaban J connectivity index is 3.37. The number of rotatable bonds is 0. The first-order chi connectivity index (χ1) is 5.82. The minimum atomic E-state index is -4.45. The van der Waals surface area contributed by atoms with Gasteiger partial charge in [0.25, 0.3) is 0 Å². The quantitative estimate of drug-likeness (QED) is 0.513. The SMILES string of the molecule is FC(F)(F)c1cc(Cl)nc(Cl)c1I. The van der Waals surface area contributed by atoms with Crippen molar-refractivity contribution in [1.29, 1.82) is 0 Å². The molecular formula is C6HCl2F3IN. The monoisotopic (exact) mass is 341 g/mol. The Labute approximate surface area is 95.4 Å². The highest BCUT2D eigenvalue weighted by Gasteiger charge is 2.34. The molecule has 1 aromatic rings. The maximum Gasteiger partial charge on any atom is 0.417 e. The van der Waals surface area contributed by atoms with E-state index in [0.717, 1.165) is 6.07 Å². The van der Waals surface area contributed by atoms with Crippen LogP contribution in [0.1, 0.15) is 5.56 Å². The van der Waals surface area contributed by atoms with Gasteiger partial charge in [-0.3, -0.25) is 0 Å². The smallest absolute Gasteiger partial charge is 0.223 e. The van der Waals surface area contributed by atoms with E-state index in [4.69, 9.17) is 23.2 Å². The van der Waals surface area contributed by atoms with E-state index in [9.17, 15) is 13.2 Å². The maximum atomic E-state index is 12.3. The van der Waals surface area contributed by atoms with E-state index in [-0.39, 0.29) is 13.9 Å². The highest BCUT2D eigenvalue weighted by molar-refractivity contribution is 14.1. The van der Waals surface area contributed by atoms with Crippen LogP contribution in [0.25, 0.3) is 0 Å². The molecule has 0 spiro atoms. The molecule has 1 rings (SSSR count). The summed E-state index contributed by atoms with van der Waals surface area (Å²) < 4.78 is 36.6. The molecule has 1 nitrogen and oxygen atoms in total. The molecule has 72 valence electrons. The molecule has 0 aromatic carbocycles. The van der Waals surface area contributed by atoms with Crippen LogP contribution < -0.4 is 0 Å². The van der Waals surface area contributed by atoms with Gasteiger partial charge in [-0.2, -0.15) is 13.2 Å². The van der Waals surface area contributed by atoms with E-state index in [1.165, 1.54) is 22.6 Å². The van der Waals surface area contributed by atoms with Crippen molar-refractivity contribution in [3.05, 3.63) is 25.5 Å². The molecule has 0 unspecified atom stereocenters. The van der Waals surface area contributed by atoms with Crippen molar-refractivity contribution in [2.45, 2.75) is 6.18 Å². The van der Waals surface area contributed by atoms with E-state index in [1.807, 2.05) is 0 Å². The molecule has 0 radical (unpaired) electrons. The zero-order valence-corrected chi connectivity index (χ0v) is 9.46. The second-order valence-corrected chi connectivity index (χ2v) is 3.92. The van der Waals surface area contributed by atoms with E-state index in [1.54, 1.807) is 0 Å². The van der Waals surface area contributed by atoms with Gasteiger partial charge in [0, 0.05) is 0 Å². The summed E-state index contributed by atoms with van der Waals surface area (Å²) in [6.45, 7) is 0. The molecule has 0 aliphatic rings. The molecule has 13 heavy (non-hydrogen) atoms. The summed E-state index contributed by atoms with van der Waals surface area (Å²) in [6.07, 6.45) is -4.45. The third-order valence-electron chi connectivity index (χ3n) is 1.19. The Bertz CT molecular complexity index is 339. The van der Waals surface area contributed by atoms with Crippen molar-refractivity contribution in [2.75, 3.05) is 0 Å². The molecule has 0 amide bonds. The van der Waals surface area contributed by atoms with Gasteiger partial charge in [-0.25, -0.2) is 4.98 Å². The lowest BCUT2D eigenvalue weighted by molar-refractivity contribution is -0.138. The number of pyridine rings is 1. The largest absolute Gasteiger partial charge is 0.417 e. The molecule has 1 aromatic heterocycles. The van der Waals surface area contributed by atoms with Crippen LogP contribution in [-0.2, 0) is 6.18 Å². The van der Waals surface area contributed by atoms with Crippen molar-refractivity contribution in [3.8, 4) is 0 Å². The lowest BCUT2D eigenvalue weighted by atomic mass is 10.3. The van der Waals surface area contributed by atoms with Crippen LogP contribution in [0.3, 0.4) is 0 Å². The first-order valence-electron chi connectivity index (χ1n) is 2.91. The summed E-state index contributed by atoms with van der Waals surface area (Å²) in [7, 11) is 0. The van der Waals surface area contributed by atoms with Gasteiger partial charge in [0.1, 0.15) is 10.3 Å². The fourth-order valence-electron chi connectivity index (χ4n) is 0.675. The Morgan fingerprint density at radius 1 is 1.31 bits per heavy atom. The zero-order chi connectivity index (χ0) is 10.2. The fraction of sp³-hybridized carbons (Fsp3) is 0.167.